The SMILES string of the molecule is Cl.O=C(C1CCN(S(=O)(=O)c2cc(F)ccc2F)CC1)N1C[C@H]2CNC[C@H]2C1. The van der Waals surface area contributed by atoms with Crippen LogP contribution in [0.15, 0.2) is 23.1 Å². The number of carbonyl (C=O) groups is 1. The summed E-state index contributed by atoms with van der Waals surface area (Å²) in [5.41, 5.74) is 0. The Morgan fingerprint density at radius 3 is 2.29 bits per heavy atom. The van der Waals surface area contributed by atoms with Crippen molar-refractivity contribution in [2.24, 2.45) is 17.8 Å². The zero-order chi connectivity index (χ0) is 19.2. The summed E-state index contributed by atoms with van der Waals surface area (Å²) in [6.07, 6.45) is 0.804. The van der Waals surface area contributed by atoms with Crippen LogP contribution in [-0.2, 0) is 14.8 Å². The molecule has 1 aromatic carbocycles. The van der Waals surface area contributed by atoms with Crippen LogP contribution < -0.4 is 5.32 Å². The first-order chi connectivity index (χ1) is 12.9. The van der Waals surface area contributed by atoms with Crippen molar-refractivity contribution < 1.29 is 22.0 Å². The Balaban J connectivity index is 0.00000225. The second-order valence-electron chi connectivity index (χ2n) is 7.67. The Morgan fingerprint density at radius 2 is 1.68 bits per heavy atom. The monoisotopic (exact) mass is 435 g/mol. The summed E-state index contributed by atoms with van der Waals surface area (Å²) >= 11 is 0. The minimum Gasteiger partial charge on any atom is -0.342 e. The molecule has 1 aromatic rings. The number of nitrogens with zero attached hydrogens (tertiary/aromatic N) is 2. The van der Waals surface area contributed by atoms with Gasteiger partial charge in [-0.2, -0.15) is 4.31 Å². The fourth-order valence-electron chi connectivity index (χ4n) is 4.45. The van der Waals surface area contributed by atoms with Crippen LogP contribution in [0.25, 0.3) is 0 Å². The molecule has 28 heavy (non-hydrogen) atoms. The van der Waals surface area contributed by atoms with Crippen molar-refractivity contribution in [3.8, 4) is 0 Å². The first kappa shape index (κ1) is 21.4. The van der Waals surface area contributed by atoms with E-state index in [1.54, 1.807) is 0 Å². The highest BCUT2D eigenvalue weighted by Gasteiger charge is 2.41. The average Bonchev–Trinajstić information content (AvgIpc) is 3.25. The number of carbonyl (C=O) groups excluding carboxylic acids is 1. The number of amides is 1. The lowest BCUT2D eigenvalue weighted by molar-refractivity contribution is -0.135. The van der Waals surface area contributed by atoms with E-state index in [4.69, 9.17) is 0 Å². The number of nitrogens with one attached hydrogen (secondary N) is 1. The minimum absolute atomic E-state index is 0. The second kappa shape index (κ2) is 8.22. The van der Waals surface area contributed by atoms with Crippen molar-refractivity contribution >= 4 is 28.3 Å². The first-order valence-electron chi connectivity index (χ1n) is 9.31. The molecule has 0 spiro atoms. The average molecular weight is 436 g/mol. The van der Waals surface area contributed by atoms with E-state index in [1.165, 1.54) is 0 Å². The van der Waals surface area contributed by atoms with Gasteiger partial charge in [-0.15, -0.1) is 12.4 Å². The zero-order valence-corrected chi connectivity index (χ0v) is 16.9. The molecule has 3 fully saturated rings. The molecule has 4 rings (SSSR count). The molecule has 2 atom stereocenters. The third kappa shape index (κ3) is 3.90. The van der Waals surface area contributed by atoms with Crippen molar-refractivity contribution in [2.45, 2.75) is 17.7 Å². The van der Waals surface area contributed by atoms with Gasteiger partial charge in [0.1, 0.15) is 16.5 Å². The lowest BCUT2D eigenvalue weighted by atomic mass is 9.96. The zero-order valence-electron chi connectivity index (χ0n) is 15.3. The van der Waals surface area contributed by atoms with E-state index in [1.807, 2.05) is 4.90 Å². The smallest absolute Gasteiger partial charge is 0.246 e. The number of hydrogen-bond donors (Lipinski definition) is 1. The van der Waals surface area contributed by atoms with Crippen LogP contribution in [0.1, 0.15) is 12.8 Å². The van der Waals surface area contributed by atoms with Crippen molar-refractivity contribution in [3.63, 3.8) is 0 Å². The van der Waals surface area contributed by atoms with Gasteiger partial charge in [-0.3, -0.25) is 4.79 Å². The lowest BCUT2D eigenvalue weighted by Crippen LogP contribution is -2.44. The highest BCUT2D eigenvalue weighted by Crippen LogP contribution is 2.31. The number of benzene rings is 1. The van der Waals surface area contributed by atoms with Crippen LogP contribution in [0.4, 0.5) is 8.78 Å². The van der Waals surface area contributed by atoms with Crippen LogP contribution >= 0.6 is 12.4 Å². The molecule has 3 aliphatic heterocycles. The molecule has 0 aliphatic carbocycles. The number of halogens is 3. The lowest BCUT2D eigenvalue weighted by Gasteiger charge is -2.32. The standard InChI is InChI=1S/C18H23F2N3O3S.ClH/c19-15-1-2-16(20)17(7-15)27(25,26)23-5-3-12(4-6-23)18(24)22-10-13-8-21-9-14(13)11-22;/h1-2,7,12-14,21H,3-6,8-11H2;1H/t13-,14+;. The summed E-state index contributed by atoms with van der Waals surface area (Å²) in [6.45, 7) is 3.70. The van der Waals surface area contributed by atoms with Gasteiger partial charge in [0.05, 0.1) is 0 Å². The van der Waals surface area contributed by atoms with E-state index in [-0.39, 0.29) is 37.3 Å². The molecule has 0 aromatic heterocycles. The van der Waals surface area contributed by atoms with Gasteiger partial charge in [0, 0.05) is 45.2 Å². The molecule has 10 heteroatoms. The minimum atomic E-state index is -4.11. The summed E-state index contributed by atoms with van der Waals surface area (Å²) in [4.78, 5) is 14.1. The second-order valence-corrected chi connectivity index (χ2v) is 9.58. The fraction of sp³-hybridized carbons (Fsp3) is 0.611. The van der Waals surface area contributed by atoms with Crippen molar-refractivity contribution in [1.29, 1.82) is 0 Å². The van der Waals surface area contributed by atoms with E-state index >= 15 is 0 Å². The van der Waals surface area contributed by atoms with Gasteiger partial charge in [-0.05, 0) is 42.9 Å². The van der Waals surface area contributed by atoms with Gasteiger partial charge in [0.15, 0.2) is 0 Å². The molecule has 0 bridgehead atoms. The molecule has 3 aliphatic rings. The number of fused-ring (bicyclic) bond motifs is 1. The van der Waals surface area contributed by atoms with E-state index in [0.717, 1.165) is 42.6 Å². The number of rotatable bonds is 3. The first-order valence-corrected chi connectivity index (χ1v) is 10.7. The summed E-state index contributed by atoms with van der Waals surface area (Å²) < 4.78 is 53.7. The topological polar surface area (TPSA) is 69.7 Å². The molecule has 1 amide bonds. The number of piperidine rings is 1. The molecule has 156 valence electrons. The maximum atomic E-state index is 13.9. The third-order valence-electron chi connectivity index (χ3n) is 6.02. The number of hydrogen-bond acceptors (Lipinski definition) is 4. The van der Waals surface area contributed by atoms with Gasteiger partial charge in [-0.25, -0.2) is 17.2 Å². The summed E-state index contributed by atoms with van der Waals surface area (Å²) in [5.74, 6) is -0.837. The van der Waals surface area contributed by atoms with Gasteiger partial charge < -0.3 is 10.2 Å². The van der Waals surface area contributed by atoms with Crippen LogP contribution in [-0.4, -0.2) is 62.8 Å². The molecule has 3 heterocycles. The molecule has 1 N–H and O–H groups in total. The predicted octanol–water partition coefficient (Wildman–Crippen LogP) is 1.47. The quantitative estimate of drug-likeness (QED) is 0.780. The molecule has 0 saturated carbocycles. The molecule has 3 saturated heterocycles. The van der Waals surface area contributed by atoms with Gasteiger partial charge in [-0.1, -0.05) is 0 Å². The molecule has 0 radical (unpaired) electrons. The maximum Gasteiger partial charge on any atom is 0.246 e. The Hall–Kier alpha value is -1.29. The van der Waals surface area contributed by atoms with Crippen LogP contribution in [0.5, 0.6) is 0 Å². The van der Waals surface area contributed by atoms with Crippen molar-refractivity contribution in [2.75, 3.05) is 39.3 Å². The summed E-state index contributed by atoms with van der Waals surface area (Å²) in [5, 5.41) is 3.34. The van der Waals surface area contributed by atoms with Gasteiger partial charge >= 0.3 is 0 Å². The molecule has 0 unspecified atom stereocenters. The van der Waals surface area contributed by atoms with Crippen LogP contribution in [0, 0.1) is 29.4 Å². The summed E-state index contributed by atoms with van der Waals surface area (Å²) in [6, 6.07) is 2.41. The maximum absolute atomic E-state index is 13.9. The molecular formula is C18H24ClF2N3O3S. The Bertz CT molecular complexity index is 834. The Morgan fingerprint density at radius 1 is 1.07 bits per heavy atom. The van der Waals surface area contributed by atoms with Crippen molar-refractivity contribution in [1.82, 2.24) is 14.5 Å². The molecular weight excluding hydrogens is 412 g/mol. The predicted molar refractivity (Wildman–Crippen MR) is 102 cm³/mol. The highest BCUT2D eigenvalue weighted by atomic mass is 35.5. The Labute approximate surface area is 169 Å². The normalized spacial score (nSPS) is 26.1. The van der Waals surface area contributed by atoms with Gasteiger partial charge in [0.25, 0.3) is 0 Å². The fourth-order valence-corrected chi connectivity index (χ4v) is 6.00. The largest absolute Gasteiger partial charge is 0.342 e. The van der Waals surface area contributed by atoms with Gasteiger partial charge in [0.2, 0.25) is 15.9 Å². The third-order valence-corrected chi connectivity index (χ3v) is 7.93. The number of likely N-dealkylation sites (tertiary alicyclic amines) is 1. The van der Waals surface area contributed by atoms with Crippen LogP contribution in [0.3, 0.4) is 0 Å². The van der Waals surface area contributed by atoms with E-state index < -0.39 is 26.6 Å². The number of sulfonamides is 1. The Kier molecular flexibility index (Phi) is 6.29. The van der Waals surface area contributed by atoms with E-state index in [2.05, 4.69) is 5.32 Å². The van der Waals surface area contributed by atoms with Crippen molar-refractivity contribution in [3.05, 3.63) is 29.8 Å². The highest BCUT2D eigenvalue weighted by molar-refractivity contribution is 7.89. The van der Waals surface area contributed by atoms with E-state index in [9.17, 15) is 22.0 Å². The summed E-state index contributed by atoms with van der Waals surface area (Å²) in [7, 11) is -4.11. The molecule has 6 nitrogen and oxygen atoms in total. The van der Waals surface area contributed by atoms with Crippen LogP contribution in [0.2, 0.25) is 0 Å². The van der Waals surface area contributed by atoms with E-state index in [0.29, 0.717) is 30.7 Å².